The number of hydrogen-bond donors (Lipinski definition) is 2. The summed E-state index contributed by atoms with van der Waals surface area (Å²) in [6.07, 6.45) is 1.98. The molecule has 0 spiro atoms. The van der Waals surface area contributed by atoms with Crippen molar-refractivity contribution in [3.8, 4) is 0 Å². The summed E-state index contributed by atoms with van der Waals surface area (Å²) < 4.78 is 26.9. The van der Waals surface area contributed by atoms with E-state index in [9.17, 15) is 13.2 Å². The molecule has 0 saturated carbocycles. The minimum atomic E-state index is -3.72. The third-order valence-electron chi connectivity index (χ3n) is 4.56. The summed E-state index contributed by atoms with van der Waals surface area (Å²) in [5.41, 5.74) is 2.22. The highest BCUT2D eigenvalue weighted by Gasteiger charge is 2.25. The van der Waals surface area contributed by atoms with Crippen molar-refractivity contribution < 1.29 is 13.2 Å². The number of aromatic amines is 1. The van der Waals surface area contributed by atoms with Gasteiger partial charge in [0.05, 0.1) is 11.4 Å². The number of nitrogens with one attached hydrogen (secondary N) is 2. The molecule has 3 rings (SSSR count). The van der Waals surface area contributed by atoms with Crippen LogP contribution >= 0.6 is 11.6 Å². The van der Waals surface area contributed by atoms with E-state index in [1.165, 1.54) is 16.4 Å². The first-order chi connectivity index (χ1) is 13.4. The van der Waals surface area contributed by atoms with Gasteiger partial charge in [-0.3, -0.25) is 4.79 Å². The summed E-state index contributed by atoms with van der Waals surface area (Å²) in [6, 6.07) is 12.2. The Morgan fingerprint density at radius 3 is 2.57 bits per heavy atom. The zero-order valence-electron chi connectivity index (χ0n) is 15.7. The second-order valence-electron chi connectivity index (χ2n) is 6.32. The number of amides is 1. The zero-order chi connectivity index (χ0) is 20.3. The number of para-hydroxylation sites is 1. The number of fused-ring (bicyclic) bond motifs is 1. The number of anilines is 1. The molecule has 1 heterocycles. The molecule has 0 bridgehead atoms. The van der Waals surface area contributed by atoms with Gasteiger partial charge in [0.15, 0.2) is 0 Å². The maximum absolute atomic E-state index is 12.8. The van der Waals surface area contributed by atoms with Gasteiger partial charge in [0.2, 0.25) is 15.9 Å². The lowest BCUT2D eigenvalue weighted by atomic mass is 10.1. The molecule has 148 valence electrons. The fraction of sp³-hybridized carbons (Fsp3) is 0.250. The molecule has 1 amide bonds. The molecule has 2 aromatic carbocycles. The third-order valence-corrected chi connectivity index (χ3v) is 7.10. The summed E-state index contributed by atoms with van der Waals surface area (Å²) >= 11 is 6.13. The minimum Gasteiger partial charge on any atom is -0.361 e. The van der Waals surface area contributed by atoms with Crippen molar-refractivity contribution in [2.45, 2.75) is 25.2 Å². The molecule has 0 fully saturated rings. The smallest absolute Gasteiger partial charge is 0.244 e. The van der Waals surface area contributed by atoms with Crippen molar-refractivity contribution in [1.82, 2.24) is 9.29 Å². The average molecular weight is 420 g/mol. The molecule has 3 aromatic rings. The van der Waals surface area contributed by atoms with Crippen LogP contribution in [0.2, 0.25) is 5.02 Å². The van der Waals surface area contributed by atoms with Gasteiger partial charge in [0.25, 0.3) is 0 Å². The zero-order valence-corrected chi connectivity index (χ0v) is 17.3. The maximum Gasteiger partial charge on any atom is 0.244 e. The fourth-order valence-corrected chi connectivity index (χ4v) is 5.10. The number of sulfonamides is 1. The first kappa shape index (κ1) is 20.4. The number of nitrogens with zero attached hydrogens (tertiary/aromatic N) is 1. The van der Waals surface area contributed by atoms with E-state index in [4.69, 9.17) is 11.6 Å². The first-order valence-electron chi connectivity index (χ1n) is 9.01. The van der Waals surface area contributed by atoms with Crippen molar-refractivity contribution in [1.29, 1.82) is 0 Å². The van der Waals surface area contributed by atoms with Crippen LogP contribution in [0.5, 0.6) is 0 Å². The molecule has 1 aromatic heterocycles. The van der Waals surface area contributed by atoms with Gasteiger partial charge in [-0.1, -0.05) is 43.6 Å². The summed E-state index contributed by atoms with van der Waals surface area (Å²) in [4.78, 5) is 15.6. The molecular weight excluding hydrogens is 398 g/mol. The van der Waals surface area contributed by atoms with Gasteiger partial charge in [-0.25, -0.2) is 8.42 Å². The van der Waals surface area contributed by atoms with Gasteiger partial charge >= 0.3 is 0 Å². The molecular formula is C20H22ClN3O3S. The van der Waals surface area contributed by atoms with Gasteiger partial charge in [-0.2, -0.15) is 4.31 Å². The second kappa shape index (κ2) is 8.34. The largest absolute Gasteiger partial charge is 0.361 e. The predicted octanol–water partition coefficient (Wildman–Crippen LogP) is 4.03. The predicted molar refractivity (Wildman–Crippen MR) is 112 cm³/mol. The van der Waals surface area contributed by atoms with Gasteiger partial charge < -0.3 is 10.3 Å². The Bertz CT molecular complexity index is 1100. The topological polar surface area (TPSA) is 82.3 Å². The van der Waals surface area contributed by atoms with E-state index in [0.29, 0.717) is 18.8 Å². The number of H-pyrrole nitrogens is 1. The normalized spacial score (nSPS) is 11.9. The third kappa shape index (κ3) is 4.06. The molecule has 2 N–H and O–H groups in total. The quantitative estimate of drug-likeness (QED) is 0.606. The Hall–Kier alpha value is -2.35. The summed E-state index contributed by atoms with van der Waals surface area (Å²) in [5, 5.41) is 3.88. The SMILES string of the molecule is CCN(CC)S(=O)(=O)c1cc(NC(=O)Cc2c[nH]c3ccccc23)ccc1Cl. The Morgan fingerprint density at radius 2 is 1.86 bits per heavy atom. The Labute approximate surface area is 169 Å². The van der Waals surface area contributed by atoms with E-state index in [1.54, 1.807) is 19.9 Å². The van der Waals surface area contributed by atoms with Crippen LogP contribution in [0.15, 0.2) is 53.6 Å². The lowest BCUT2D eigenvalue weighted by Crippen LogP contribution is -2.30. The molecule has 0 radical (unpaired) electrons. The van der Waals surface area contributed by atoms with Crippen molar-refractivity contribution in [3.05, 3.63) is 59.2 Å². The molecule has 0 atom stereocenters. The van der Waals surface area contributed by atoms with Crippen LogP contribution in [0, 0.1) is 0 Å². The Balaban J connectivity index is 1.82. The van der Waals surface area contributed by atoms with Gasteiger partial charge in [-0.15, -0.1) is 0 Å². The number of rotatable bonds is 7. The van der Waals surface area contributed by atoms with Crippen LogP contribution in [-0.2, 0) is 21.2 Å². The van der Waals surface area contributed by atoms with Crippen LogP contribution in [0.4, 0.5) is 5.69 Å². The summed E-state index contributed by atoms with van der Waals surface area (Å²) in [6.45, 7) is 4.21. The van der Waals surface area contributed by atoms with E-state index < -0.39 is 10.0 Å². The van der Waals surface area contributed by atoms with E-state index in [2.05, 4.69) is 10.3 Å². The van der Waals surface area contributed by atoms with E-state index >= 15 is 0 Å². The number of halogens is 1. The van der Waals surface area contributed by atoms with Crippen molar-refractivity contribution in [2.24, 2.45) is 0 Å². The molecule has 0 aliphatic carbocycles. The monoisotopic (exact) mass is 419 g/mol. The maximum atomic E-state index is 12.8. The van der Waals surface area contributed by atoms with E-state index in [-0.39, 0.29) is 22.2 Å². The van der Waals surface area contributed by atoms with Gasteiger partial charge in [0.1, 0.15) is 4.90 Å². The number of aromatic nitrogens is 1. The van der Waals surface area contributed by atoms with Gasteiger partial charge in [0, 0.05) is 35.9 Å². The molecule has 28 heavy (non-hydrogen) atoms. The average Bonchev–Trinajstić information content (AvgIpc) is 3.07. The molecule has 0 aliphatic rings. The molecule has 6 nitrogen and oxygen atoms in total. The number of hydrogen-bond acceptors (Lipinski definition) is 3. The van der Waals surface area contributed by atoms with Crippen molar-refractivity contribution in [2.75, 3.05) is 18.4 Å². The van der Waals surface area contributed by atoms with E-state index in [1.807, 2.05) is 30.5 Å². The van der Waals surface area contributed by atoms with Crippen molar-refractivity contribution in [3.63, 3.8) is 0 Å². The standard InChI is InChI=1S/C20H22ClN3O3S/c1-3-24(4-2)28(26,27)19-12-15(9-10-17(19)21)23-20(25)11-14-13-22-18-8-6-5-7-16(14)18/h5-10,12-13,22H,3-4,11H2,1-2H3,(H,23,25). The van der Waals surface area contributed by atoms with Crippen LogP contribution in [-0.4, -0.2) is 36.7 Å². The number of benzene rings is 2. The van der Waals surface area contributed by atoms with Crippen molar-refractivity contribution >= 4 is 44.1 Å². The lowest BCUT2D eigenvalue weighted by Gasteiger charge is -2.19. The Morgan fingerprint density at radius 1 is 1.14 bits per heavy atom. The van der Waals surface area contributed by atoms with Crippen LogP contribution in [0.3, 0.4) is 0 Å². The highest BCUT2D eigenvalue weighted by atomic mass is 35.5. The van der Waals surface area contributed by atoms with Crippen LogP contribution < -0.4 is 5.32 Å². The molecule has 0 saturated heterocycles. The molecule has 0 aliphatic heterocycles. The second-order valence-corrected chi connectivity index (χ2v) is 8.63. The van der Waals surface area contributed by atoms with E-state index in [0.717, 1.165) is 16.5 Å². The molecule has 8 heteroatoms. The van der Waals surface area contributed by atoms with Gasteiger partial charge in [-0.05, 0) is 29.8 Å². The highest BCUT2D eigenvalue weighted by molar-refractivity contribution is 7.89. The number of carbonyl (C=O) groups is 1. The lowest BCUT2D eigenvalue weighted by molar-refractivity contribution is -0.115. The Kier molecular flexibility index (Phi) is 6.07. The fourth-order valence-electron chi connectivity index (χ4n) is 3.14. The number of carbonyl (C=O) groups excluding carboxylic acids is 1. The van der Waals surface area contributed by atoms with Crippen LogP contribution in [0.1, 0.15) is 19.4 Å². The summed E-state index contributed by atoms with van der Waals surface area (Å²) in [7, 11) is -3.72. The minimum absolute atomic E-state index is 0.0113. The highest BCUT2D eigenvalue weighted by Crippen LogP contribution is 2.28. The first-order valence-corrected chi connectivity index (χ1v) is 10.8. The molecule has 0 unspecified atom stereocenters. The summed E-state index contributed by atoms with van der Waals surface area (Å²) in [5.74, 6) is -0.238. The van der Waals surface area contributed by atoms with Crippen LogP contribution in [0.25, 0.3) is 10.9 Å².